The molecule has 2 N–H and O–H groups in total. The highest BCUT2D eigenvalue weighted by molar-refractivity contribution is 5.92. The number of nitrogens with one attached hydrogen (secondary N) is 1. The van der Waals surface area contributed by atoms with Gasteiger partial charge in [0.15, 0.2) is 0 Å². The number of β-amino-alcohol motifs (C(OH)–C–C–N with tert-alkyl or cyclic N) is 1. The van der Waals surface area contributed by atoms with Gasteiger partial charge in [-0.15, -0.1) is 0 Å². The van der Waals surface area contributed by atoms with Crippen LogP contribution in [0.1, 0.15) is 49.5 Å². The zero-order valence-electron chi connectivity index (χ0n) is 16.4. The van der Waals surface area contributed by atoms with Gasteiger partial charge in [0, 0.05) is 58.9 Å². The van der Waals surface area contributed by atoms with Crippen molar-refractivity contribution in [2.24, 2.45) is 7.05 Å². The van der Waals surface area contributed by atoms with E-state index in [4.69, 9.17) is 0 Å². The second-order valence-electron chi connectivity index (χ2n) is 8.00. The third-order valence-corrected chi connectivity index (χ3v) is 5.65. The van der Waals surface area contributed by atoms with Crippen molar-refractivity contribution >= 4 is 11.8 Å². The van der Waals surface area contributed by atoms with Crippen molar-refractivity contribution in [1.82, 2.24) is 24.9 Å². The molecular weight excluding hydrogens is 346 g/mol. The Morgan fingerprint density at radius 1 is 1.26 bits per heavy atom. The molecule has 2 aliphatic rings. The van der Waals surface area contributed by atoms with E-state index < -0.39 is 5.60 Å². The molecule has 1 aromatic rings. The first-order chi connectivity index (χ1) is 12.8. The number of aromatic nitrogens is 2. The van der Waals surface area contributed by atoms with Crippen LogP contribution in [0.4, 0.5) is 0 Å². The van der Waals surface area contributed by atoms with Crippen LogP contribution in [0.15, 0.2) is 12.3 Å². The molecule has 3 heterocycles. The zero-order chi connectivity index (χ0) is 19.4. The van der Waals surface area contributed by atoms with Gasteiger partial charge in [-0.05, 0) is 38.2 Å². The lowest BCUT2D eigenvalue weighted by Crippen LogP contribution is -2.50. The Balaban J connectivity index is 1.51. The molecule has 8 heteroatoms. The topological polar surface area (TPSA) is 90.7 Å². The van der Waals surface area contributed by atoms with E-state index in [-0.39, 0.29) is 17.9 Å². The number of likely N-dealkylation sites (tertiary alicyclic amines) is 2. The van der Waals surface area contributed by atoms with Crippen molar-refractivity contribution < 1.29 is 14.7 Å². The van der Waals surface area contributed by atoms with Crippen molar-refractivity contribution in [2.75, 3.05) is 32.7 Å². The molecule has 0 aliphatic carbocycles. The van der Waals surface area contributed by atoms with E-state index in [1.54, 1.807) is 30.9 Å². The predicted molar refractivity (Wildman–Crippen MR) is 101 cm³/mol. The zero-order valence-corrected chi connectivity index (χ0v) is 16.4. The number of hydrogen-bond acceptors (Lipinski definition) is 5. The number of carbonyl (C=O) groups excluding carboxylic acids is 2. The van der Waals surface area contributed by atoms with Gasteiger partial charge in [-0.2, -0.15) is 5.10 Å². The molecule has 1 atom stereocenters. The lowest BCUT2D eigenvalue weighted by molar-refractivity contribution is -0.120. The molecule has 1 aromatic heterocycles. The summed E-state index contributed by atoms with van der Waals surface area (Å²) in [7, 11) is 1.80. The Morgan fingerprint density at radius 2 is 2.00 bits per heavy atom. The second kappa shape index (κ2) is 8.39. The third kappa shape index (κ3) is 5.29. The van der Waals surface area contributed by atoms with E-state index >= 15 is 0 Å². The number of carbonyl (C=O) groups is 2. The maximum absolute atomic E-state index is 12.6. The van der Waals surface area contributed by atoms with Crippen LogP contribution in [-0.2, 0) is 11.8 Å². The van der Waals surface area contributed by atoms with Gasteiger partial charge in [-0.3, -0.25) is 14.3 Å². The largest absolute Gasteiger partial charge is 0.388 e. The minimum atomic E-state index is -0.764. The van der Waals surface area contributed by atoms with Gasteiger partial charge >= 0.3 is 0 Å². The van der Waals surface area contributed by atoms with Crippen LogP contribution in [-0.4, -0.2) is 80.9 Å². The molecule has 0 aromatic carbocycles. The lowest BCUT2D eigenvalue weighted by atomic mass is 9.93. The first kappa shape index (κ1) is 19.8. The van der Waals surface area contributed by atoms with E-state index in [0.717, 1.165) is 32.4 Å². The molecule has 8 nitrogen and oxygen atoms in total. The van der Waals surface area contributed by atoms with Crippen molar-refractivity contribution in [3.63, 3.8) is 0 Å². The highest BCUT2D eigenvalue weighted by atomic mass is 16.3. The van der Waals surface area contributed by atoms with Crippen molar-refractivity contribution in [2.45, 2.75) is 50.7 Å². The van der Waals surface area contributed by atoms with Gasteiger partial charge in [0.25, 0.3) is 5.91 Å². The normalized spacial score (nSPS) is 25.2. The van der Waals surface area contributed by atoms with Gasteiger partial charge in [0.1, 0.15) is 5.69 Å². The quantitative estimate of drug-likeness (QED) is 0.792. The molecular formula is C19H31N5O3. The number of piperidine rings is 1. The van der Waals surface area contributed by atoms with Gasteiger partial charge in [-0.1, -0.05) is 0 Å². The van der Waals surface area contributed by atoms with E-state index in [1.165, 1.54) is 0 Å². The van der Waals surface area contributed by atoms with Crippen LogP contribution in [0.3, 0.4) is 0 Å². The minimum absolute atomic E-state index is 0.0218. The van der Waals surface area contributed by atoms with Gasteiger partial charge in [-0.25, -0.2) is 0 Å². The average molecular weight is 377 g/mol. The molecule has 1 unspecified atom stereocenters. The van der Waals surface area contributed by atoms with Crippen LogP contribution in [0.2, 0.25) is 0 Å². The average Bonchev–Trinajstić information content (AvgIpc) is 2.95. The Labute approximate surface area is 160 Å². The molecule has 2 aliphatic heterocycles. The number of amides is 2. The maximum atomic E-state index is 12.6. The maximum Gasteiger partial charge on any atom is 0.274 e. The van der Waals surface area contributed by atoms with E-state index in [9.17, 15) is 14.7 Å². The molecule has 0 bridgehead atoms. The standard InChI is InChI=1S/C19H31N5O3/c1-15(25)20-16-4-11-23(12-5-16)14-19(27)7-3-9-24(13-8-19)18(26)17-6-10-22(2)21-17/h6,10,16,27H,3-5,7-9,11-14H2,1-2H3,(H,20,25). The highest BCUT2D eigenvalue weighted by Crippen LogP contribution is 2.25. The van der Waals surface area contributed by atoms with E-state index in [2.05, 4.69) is 15.3 Å². The number of hydrogen-bond donors (Lipinski definition) is 2. The first-order valence-electron chi connectivity index (χ1n) is 9.85. The molecule has 27 heavy (non-hydrogen) atoms. The third-order valence-electron chi connectivity index (χ3n) is 5.65. The van der Waals surface area contributed by atoms with Crippen LogP contribution in [0.25, 0.3) is 0 Å². The second-order valence-corrected chi connectivity index (χ2v) is 8.00. The van der Waals surface area contributed by atoms with Crippen LogP contribution in [0, 0.1) is 0 Å². The van der Waals surface area contributed by atoms with Gasteiger partial charge in [0.2, 0.25) is 5.91 Å². The summed E-state index contributed by atoms with van der Waals surface area (Å²) >= 11 is 0. The summed E-state index contributed by atoms with van der Waals surface area (Å²) in [6.07, 6.45) is 5.67. The molecule has 0 radical (unpaired) electrons. The number of rotatable bonds is 4. The predicted octanol–water partition coefficient (Wildman–Crippen LogP) is 0.378. The monoisotopic (exact) mass is 377 g/mol. The SMILES string of the molecule is CC(=O)NC1CCN(CC2(O)CCCN(C(=O)c3ccn(C)n3)CC2)CC1. The first-order valence-corrected chi connectivity index (χ1v) is 9.85. The number of aliphatic hydroxyl groups is 1. The molecule has 3 rings (SSSR count). The van der Waals surface area contributed by atoms with Crippen molar-refractivity contribution in [3.05, 3.63) is 18.0 Å². The summed E-state index contributed by atoms with van der Waals surface area (Å²) in [6.45, 7) is 5.15. The summed E-state index contributed by atoms with van der Waals surface area (Å²) in [5, 5.41) is 18.3. The molecule has 2 fully saturated rings. The fourth-order valence-corrected chi connectivity index (χ4v) is 4.17. The molecule has 2 amide bonds. The fourth-order valence-electron chi connectivity index (χ4n) is 4.17. The molecule has 0 saturated carbocycles. The lowest BCUT2D eigenvalue weighted by Gasteiger charge is -2.38. The summed E-state index contributed by atoms with van der Waals surface area (Å²) in [5.41, 5.74) is -0.303. The summed E-state index contributed by atoms with van der Waals surface area (Å²) in [6, 6.07) is 1.98. The molecule has 150 valence electrons. The molecule has 2 saturated heterocycles. The van der Waals surface area contributed by atoms with Crippen LogP contribution >= 0.6 is 0 Å². The fraction of sp³-hybridized carbons (Fsp3) is 0.737. The van der Waals surface area contributed by atoms with Gasteiger partial charge in [0.05, 0.1) is 5.60 Å². The number of aryl methyl sites for hydroxylation is 1. The Morgan fingerprint density at radius 3 is 2.63 bits per heavy atom. The van der Waals surface area contributed by atoms with Crippen LogP contribution < -0.4 is 5.32 Å². The minimum Gasteiger partial charge on any atom is -0.388 e. The summed E-state index contributed by atoms with van der Waals surface area (Å²) in [4.78, 5) is 27.9. The Bertz CT molecular complexity index is 668. The van der Waals surface area contributed by atoms with E-state index in [0.29, 0.717) is 38.2 Å². The molecule has 0 spiro atoms. The number of nitrogens with zero attached hydrogens (tertiary/aromatic N) is 4. The van der Waals surface area contributed by atoms with Crippen LogP contribution in [0.5, 0.6) is 0 Å². The van der Waals surface area contributed by atoms with Crippen molar-refractivity contribution in [3.8, 4) is 0 Å². The van der Waals surface area contributed by atoms with Crippen molar-refractivity contribution in [1.29, 1.82) is 0 Å². The summed E-state index contributed by atoms with van der Waals surface area (Å²) < 4.78 is 1.63. The van der Waals surface area contributed by atoms with Gasteiger partial charge < -0.3 is 20.2 Å². The Hall–Kier alpha value is -1.93. The Kier molecular flexibility index (Phi) is 6.16. The van der Waals surface area contributed by atoms with E-state index in [1.807, 2.05) is 4.90 Å². The smallest absolute Gasteiger partial charge is 0.274 e. The highest BCUT2D eigenvalue weighted by Gasteiger charge is 2.34. The summed E-state index contributed by atoms with van der Waals surface area (Å²) in [5.74, 6) is -0.0375.